The summed E-state index contributed by atoms with van der Waals surface area (Å²) in [6, 6.07) is 21.2. The maximum absolute atomic E-state index is 4.60. The minimum absolute atomic E-state index is 0.686. The first-order valence-corrected chi connectivity index (χ1v) is 9.00. The number of hydrogen-bond acceptors (Lipinski definition) is 2. The van der Waals surface area contributed by atoms with Gasteiger partial charge in [0.1, 0.15) is 0 Å². The topological polar surface area (TPSA) is 29.3 Å². The molecule has 0 amide bonds. The van der Waals surface area contributed by atoms with Gasteiger partial charge in [0.05, 0.1) is 5.69 Å². The van der Waals surface area contributed by atoms with Crippen molar-refractivity contribution in [3.63, 3.8) is 0 Å². The van der Waals surface area contributed by atoms with Gasteiger partial charge in [-0.2, -0.15) is 0 Å². The smallest absolute Gasteiger partial charge is 0.0631 e. The van der Waals surface area contributed by atoms with Crippen LogP contribution in [0.3, 0.4) is 0 Å². The van der Waals surface area contributed by atoms with E-state index in [9.17, 15) is 0 Å². The lowest BCUT2D eigenvalue weighted by Crippen LogP contribution is -2.00. The van der Waals surface area contributed by atoms with Gasteiger partial charge in [0.2, 0.25) is 0 Å². The average Bonchev–Trinajstić information content (AvgIpc) is 3.34. The van der Waals surface area contributed by atoms with Crippen molar-refractivity contribution in [1.82, 2.24) is 4.57 Å². The van der Waals surface area contributed by atoms with Crippen molar-refractivity contribution in [3.05, 3.63) is 78.6 Å². The van der Waals surface area contributed by atoms with Crippen molar-refractivity contribution in [2.45, 2.75) is 31.7 Å². The number of benzene rings is 2. The zero-order chi connectivity index (χ0) is 16.9. The van der Waals surface area contributed by atoms with Gasteiger partial charge in [0.25, 0.3) is 0 Å². The number of nitrogens with zero attached hydrogens (tertiary/aromatic N) is 2. The van der Waals surface area contributed by atoms with E-state index in [4.69, 9.17) is 0 Å². The molecule has 1 aromatic heterocycles. The van der Waals surface area contributed by atoms with Gasteiger partial charge in [-0.15, -0.1) is 0 Å². The van der Waals surface area contributed by atoms with E-state index >= 15 is 0 Å². The van der Waals surface area contributed by atoms with Crippen LogP contribution in [-0.2, 0) is 0 Å². The van der Waals surface area contributed by atoms with Crippen LogP contribution in [0.15, 0.2) is 78.0 Å². The van der Waals surface area contributed by atoms with Crippen LogP contribution in [0.2, 0.25) is 0 Å². The maximum Gasteiger partial charge on any atom is 0.0631 e. The Morgan fingerprint density at radius 2 is 1.60 bits per heavy atom. The fourth-order valence-corrected chi connectivity index (χ4v) is 3.40. The zero-order valence-corrected chi connectivity index (χ0v) is 14.3. The maximum atomic E-state index is 4.60. The minimum atomic E-state index is 0.686. The van der Waals surface area contributed by atoms with Crippen LogP contribution in [-0.4, -0.2) is 10.8 Å². The molecule has 0 bridgehead atoms. The predicted molar refractivity (Wildman–Crippen MR) is 105 cm³/mol. The molecule has 1 heterocycles. The summed E-state index contributed by atoms with van der Waals surface area (Å²) in [6.07, 6.45) is 11.7. The third-order valence-corrected chi connectivity index (χ3v) is 4.78. The van der Waals surface area contributed by atoms with Crippen molar-refractivity contribution in [3.8, 4) is 0 Å². The van der Waals surface area contributed by atoms with E-state index in [2.05, 4.69) is 57.6 Å². The predicted octanol–water partition coefficient (Wildman–Crippen LogP) is 6.10. The Bertz CT molecular complexity index is 825. The van der Waals surface area contributed by atoms with Gasteiger partial charge >= 0.3 is 0 Å². The molecule has 0 aliphatic heterocycles. The van der Waals surface area contributed by atoms with Crippen molar-refractivity contribution in [2.75, 3.05) is 5.32 Å². The standard InChI is InChI=1S/C22H23N3/c1-2-6-20(7-3-1)24-21-12-10-19(11-13-21)23-16-18-14-15-25(17-18)22-8-4-5-9-22/h1-3,6-7,10-17,22,24H,4-5,8-9H2. The first-order chi connectivity index (χ1) is 12.4. The van der Waals surface area contributed by atoms with Crippen LogP contribution < -0.4 is 5.32 Å². The summed E-state index contributed by atoms with van der Waals surface area (Å²) in [7, 11) is 0. The number of nitrogens with one attached hydrogen (secondary N) is 1. The molecule has 3 nitrogen and oxygen atoms in total. The molecule has 25 heavy (non-hydrogen) atoms. The van der Waals surface area contributed by atoms with Crippen LogP contribution >= 0.6 is 0 Å². The summed E-state index contributed by atoms with van der Waals surface area (Å²) in [4.78, 5) is 4.60. The molecule has 0 atom stereocenters. The molecule has 0 radical (unpaired) electrons. The number of aliphatic imine (C=N–C) groups is 1. The van der Waals surface area contributed by atoms with E-state index in [1.165, 1.54) is 31.2 Å². The second-order valence-corrected chi connectivity index (χ2v) is 6.63. The second-order valence-electron chi connectivity index (χ2n) is 6.63. The van der Waals surface area contributed by atoms with E-state index < -0.39 is 0 Å². The van der Waals surface area contributed by atoms with E-state index in [-0.39, 0.29) is 0 Å². The SMILES string of the molecule is C(=Nc1ccc(Nc2ccccc2)cc1)c1ccn(C2CCCC2)c1. The highest BCUT2D eigenvalue weighted by atomic mass is 15.0. The van der Waals surface area contributed by atoms with Crippen molar-refractivity contribution >= 4 is 23.3 Å². The second kappa shape index (κ2) is 7.39. The molecular weight excluding hydrogens is 306 g/mol. The molecule has 126 valence electrons. The Kier molecular flexibility index (Phi) is 4.64. The fraction of sp³-hybridized carbons (Fsp3) is 0.227. The van der Waals surface area contributed by atoms with Crippen LogP contribution in [0.4, 0.5) is 17.1 Å². The highest BCUT2D eigenvalue weighted by Crippen LogP contribution is 2.29. The quantitative estimate of drug-likeness (QED) is 0.563. The molecule has 2 aromatic carbocycles. The van der Waals surface area contributed by atoms with Gasteiger partial charge in [-0.05, 0) is 55.3 Å². The first kappa shape index (κ1) is 15.7. The number of rotatable bonds is 5. The summed E-state index contributed by atoms with van der Waals surface area (Å²) in [6.45, 7) is 0. The third kappa shape index (κ3) is 4.00. The Labute approximate surface area is 149 Å². The molecule has 1 fully saturated rings. The number of anilines is 2. The van der Waals surface area contributed by atoms with E-state index in [0.717, 1.165) is 17.1 Å². The lowest BCUT2D eigenvalue weighted by Gasteiger charge is -2.10. The van der Waals surface area contributed by atoms with Crippen LogP contribution in [0.5, 0.6) is 0 Å². The number of para-hydroxylation sites is 1. The lowest BCUT2D eigenvalue weighted by atomic mass is 10.2. The Hall–Kier alpha value is -2.81. The van der Waals surface area contributed by atoms with Gasteiger partial charge in [0.15, 0.2) is 0 Å². The molecule has 3 heteroatoms. The highest BCUT2D eigenvalue weighted by molar-refractivity contribution is 5.81. The molecule has 4 rings (SSSR count). The molecule has 0 spiro atoms. The molecule has 1 aliphatic rings. The molecule has 0 unspecified atom stereocenters. The number of aromatic nitrogens is 1. The van der Waals surface area contributed by atoms with Gasteiger partial charge in [-0.3, -0.25) is 4.99 Å². The van der Waals surface area contributed by atoms with Crippen LogP contribution in [0.1, 0.15) is 37.3 Å². The molecule has 1 aliphatic carbocycles. The highest BCUT2D eigenvalue weighted by Gasteiger charge is 2.15. The van der Waals surface area contributed by atoms with E-state index in [1.807, 2.05) is 36.5 Å². The summed E-state index contributed by atoms with van der Waals surface area (Å²) < 4.78 is 2.35. The summed E-state index contributed by atoms with van der Waals surface area (Å²) in [5.74, 6) is 0. The number of hydrogen-bond donors (Lipinski definition) is 1. The van der Waals surface area contributed by atoms with Crippen molar-refractivity contribution < 1.29 is 0 Å². The molecule has 1 saturated carbocycles. The first-order valence-electron chi connectivity index (χ1n) is 9.00. The molecule has 0 saturated heterocycles. The summed E-state index contributed by atoms with van der Waals surface area (Å²) in [5, 5.41) is 3.38. The Morgan fingerprint density at radius 3 is 2.36 bits per heavy atom. The van der Waals surface area contributed by atoms with Crippen LogP contribution in [0, 0.1) is 0 Å². The Balaban J connectivity index is 1.40. The average molecular weight is 329 g/mol. The normalized spacial score (nSPS) is 15.0. The van der Waals surface area contributed by atoms with Crippen molar-refractivity contribution in [1.29, 1.82) is 0 Å². The van der Waals surface area contributed by atoms with Gasteiger partial charge in [0, 0.05) is 41.6 Å². The minimum Gasteiger partial charge on any atom is -0.356 e. The Morgan fingerprint density at radius 1 is 0.880 bits per heavy atom. The summed E-state index contributed by atoms with van der Waals surface area (Å²) >= 11 is 0. The molecule has 3 aromatic rings. The van der Waals surface area contributed by atoms with E-state index in [0.29, 0.717) is 6.04 Å². The molecular formula is C22H23N3. The van der Waals surface area contributed by atoms with E-state index in [1.54, 1.807) is 0 Å². The van der Waals surface area contributed by atoms with Gasteiger partial charge in [-0.1, -0.05) is 31.0 Å². The van der Waals surface area contributed by atoms with Crippen LogP contribution in [0.25, 0.3) is 0 Å². The largest absolute Gasteiger partial charge is 0.356 e. The third-order valence-electron chi connectivity index (χ3n) is 4.78. The van der Waals surface area contributed by atoms with Crippen molar-refractivity contribution in [2.24, 2.45) is 4.99 Å². The monoisotopic (exact) mass is 329 g/mol. The summed E-state index contributed by atoms with van der Waals surface area (Å²) in [5.41, 5.74) is 4.29. The lowest BCUT2D eigenvalue weighted by molar-refractivity contribution is 0.521. The zero-order valence-electron chi connectivity index (χ0n) is 14.3. The van der Waals surface area contributed by atoms with Gasteiger partial charge in [-0.25, -0.2) is 0 Å². The molecule has 1 N–H and O–H groups in total. The van der Waals surface area contributed by atoms with Gasteiger partial charge < -0.3 is 9.88 Å². The fourth-order valence-electron chi connectivity index (χ4n) is 3.40.